The Kier molecular flexibility index (Phi) is 5.52. The van der Waals surface area contributed by atoms with Crippen molar-refractivity contribution in [2.75, 3.05) is 0 Å². The largest absolute Gasteiger partial charge is 0.369 e. The molecule has 2 aromatic rings. The second-order valence-electron chi connectivity index (χ2n) is 11.4. The van der Waals surface area contributed by atoms with Gasteiger partial charge < -0.3 is 11.1 Å². The summed E-state index contributed by atoms with van der Waals surface area (Å²) in [5.74, 6) is 0.676. The van der Waals surface area contributed by atoms with Crippen LogP contribution >= 0.6 is 0 Å². The van der Waals surface area contributed by atoms with Gasteiger partial charge in [0.15, 0.2) is 0 Å². The van der Waals surface area contributed by atoms with Gasteiger partial charge in [0, 0.05) is 28.8 Å². The molecule has 2 amide bonds. The number of sulfonamides is 1. The van der Waals surface area contributed by atoms with Crippen molar-refractivity contribution in [1.29, 1.82) is 0 Å². The minimum absolute atomic E-state index is 0.0251. The maximum Gasteiger partial charge on any atom is 0.241 e. The number of nitrogens with one attached hydrogen (secondary N) is 2. The fourth-order valence-corrected chi connectivity index (χ4v) is 8.73. The van der Waals surface area contributed by atoms with Crippen LogP contribution in [0.5, 0.6) is 0 Å². The summed E-state index contributed by atoms with van der Waals surface area (Å²) in [6.07, 6.45) is 4.45. The SMILES string of the molecule is CC(C)(CC(=O)NC1C2CC3CC1CC(C(N)=O)(C3)C2)NS(=O)(=O)c1cccc2ccccc12. The summed E-state index contributed by atoms with van der Waals surface area (Å²) in [6, 6.07) is 12.6. The van der Waals surface area contributed by atoms with E-state index in [1.165, 1.54) is 0 Å². The van der Waals surface area contributed by atoms with Gasteiger partial charge in [-0.05, 0) is 75.2 Å². The van der Waals surface area contributed by atoms with E-state index in [0.29, 0.717) is 11.3 Å². The summed E-state index contributed by atoms with van der Waals surface area (Å²) >= 11 is 0. The molecule has 4 aliphatic carbocycles. The normalized spacial score (nSPS) is 30.4. The van der Waals surface area contributed by atoms with Crippen LogP contribution in [-0.4, -0.2) is 31.8 Å². The van der Waals surface area contributed by atoms with Crippen LogP contribution in [0.2, 0.25) is 0 Å². The predicted molar refractivity (Wildman–Crippen MR) is 130 cm³/mol. The van der Waals surface area contributed by atoms with E-state index in [4.69, 9.17) is 5.73 Å². The van der Waals surface area contributed by atoms with Crippen molar-refractivity contribution in [3.05, 3.63) is 42.5 Å². The third kappa shape index (κ3) is 4.11. The van der Waals surface area contributed by atoms with Crippen LogP contribution in [0.15, 0.2) is 47.4 Å². The average molecular weight is 484 g/mol. The molecular weight excluding hydrogens is 450 g/mol. The van der Waals surface area contributed by atoms with E-state index < -0.39 is 21.0 Å². The van der Waals surface area contributed by atoms with Crippen molar-refractivity contribution < 1.29 is 18.0 Å². The number of carbonyl (C=O) groups excluding carboxylic acids is 2. The molecule has 4 fully saturated rings. The number of nitrogens with two attached hydrogens (primary N) is 1. The second-order valence-corrected chi connectivity index (χ2v) is 13.0. The molecule has 2 aromatic carbocycles. The zero-order valence-corrected chi connectivity index (χ0v) is 20.5. The van der Waals surface area contributed by atoms with Gasteiger partial charge in [-0.2, -0.15) is 0 Å². The number of primary amides is 1. The van der Waals surface area contributed by atoms with E-state index in [2.05, 4.69) is 10.0 Å². The zero-order valence-electron chi connectivity index (χ0n) is 19.7. The molecule has 182 valence electrons. The smallest absolute Gasteiger partial charge is 0.241 e. The molecule has 0 radical (unpaired) electrons. The molecule has 4 N–H and O–H groups in total. The highest BCUT2D eigenvalue weighted by Gasteiger charge is 2.58. The second kappa shape index (κ2) is 8.05. The molecule has 4 saturated carbocycles. The van der Waals surface area contributed by atoms with E-state index >= 15 is 0 Å². The molecule has 0 heterocycles. The van der Waals surface area contributed by atoms with Crippen molar-refractivity contribution in [2.24, 2.45) is 28.9 Å². The van der Waals surface area contributed by atoms with Gasteiger partial charge in [0.1, 0.15) is 0 Å². The van der Waals surface area contributed by atoms with Crippen LogP contribution in [0.25, 0.3) is 10.8 Å². The first-order valence-electron chi connectivity index (χ1n) is 12.1. The Morgan fingerprint density at radius 3 is 2.35 bits per heavy atom. The molecule has 8 heteroatoms. The third-order valence-corrected chi connectivity index (χ3v) is 9.93. The first kappa shape index (κ1) is 23.3. The average Bonchev–Trinajstić information content (AvgIpc) is 2.74. The van der Waals surface area contributed by atoms with Crippen molar-refractivity contribution >= 4 is 32.6 Å². The van der Waals surface area contributed by atoms with Crippen LogP contribution in [0.4, 0.5) is 0 Å². The minimum Gasteiger partial charge on any atom is -0.369 e. The van der Waals surface area contributed by atoms with Crippen molar-refractivity contribution in [3.63, 3.8) is 0 Å². The van der Waals surface area contributed by atoms with E-state index in [-0.39, 0.29) is 41.0 Å². The van der Waals surface area contributed by atoms with Gasteiger partial charge in [-0.1, -0.05) is 36.4 Å². The van der Waals surface area contributed by atoms with E-state index in [1.807, 2.05) is 24.3 Å². The predicted octanol–water partition coefficient (Wildman–Crippen LogP) is 3.08. The molecule has 2 unspecified atom stereocenters. The summed E-state index contributed by atoms with van der Waals surface area (Å²) in [7, 11) is -3.84. The number of benzene rings is 2. The first-order valence-corrected chi connectivity index (χ1v) is 13.6. The van der Waals surface area contributed by atoms with Gasteiger partial charge in [0.2, 0.25) is 21.8 Å². The lowest BCUT2D eigenvalue weighted by Crippen LogP contribution is -2.62. The quantitative estimate of drug-likeness (QED) is 0.561. The summed E-state index contributed by atoms with van der Waals surface area (Å²) in [4.78, 5) is 25.4. The van der Waals surface area contributed by atoms with Gasteiger partial charge in [0.25, 0.3) is 0 Å². The van der Waals surface area contributed by atoms with E-state index in [1.54, 1.807) is 32.0 Å². The molecule has 6 rings (SSSR count). The molecule has 0 aromatic heterocycles. The molecular formula is C26H33N3O4S. The Labute approximate surface area is 200 Å². The number of carbonyl (C=O) groups is 2. The summed E-state index contributed by atoms with van der Waals surface area (Å²) in [5, 5.41) is 4.70. The van der Waals surface area contributed by atoms with Crippen molar-refractivity contribution in [1.82, 2.24) is 10.0 Å². The molecule has 2 atom stereocenters. The van der Waals surface area contributed by atoms with Gasteiger partial charge >= 0.3 is 0 Å². The van der Waals surface area contributed by atoms with Crippen LogP contribution in [0.1, 0.15) is 52.4 Å². The Morgan fingerprint density at radius 2 is 1.68 bits per heavy atom. The van der Waals surface area contributed by atoms with Crippen LogP contribution in [0, 0.1) is 23.2 Å². The van der Waals surface area contributed by atoms with E-state index in [9.17, 15) is 18.0 Å². The molecule has 34 heavy (non-hydrogen) atoms. The minimum atomic E-state index is -3.84. The molecule has 0 saturated heterocycles. The Morgan fingerprint density at radius 1 is 1.03 bits per heavy atom. The van der Waals surface area contributed by atoms with Crippen molar-refractivity contribution in [3.8, 4) is 0 Å². The summed E-state index contributed by atoms with van der Waals surface area (Å²) in [5.41, 5.74) is 4.40. The highest BCUT2D eigenvalue weighted by atomic mass is 32.2. The zero-order chi connectivity index (χ0) is 24.3. The molecule has 0 aliphatic heterocycles. The van der Waals surface area contributed by atoms with Crippen LogP contribution in [-0.2, 0) is 19.6 Å². The number of hydrogen-bond acceptors (Lipinski definition) is 4. The summed E-state index contributed by atoms with van der Waals surface area (Å²) < 4.78 is 29.2. The monoisotopic (exact) mass is 483 g/mol. The standard InChI is InChI=1S/C26H33N3O4S/c1-25(2,29-34(32,33)21-9-5-7-17-6-3-4-8-20(17)21)15-22(30)28-23-18-10-16-11-19(23)14-26(12-16,13-18)24(27)31/h3-9,16,18-19,23,29H,10-15H2,1-2H3,(H2,27,31)(H,28,30). The lowest BCUT2D eigenvalue weighted by Gasteiger charge is -2.58. The molecule has 4 aliphatic rings. The highest BCUT2D eigenvalue weighted by molar-refractivity contribution is 7.89. The molecule has 4 bridgehead atoms. The van der Waals surface area contributed by atoms with Crippen molar-refractivity contribution in [2.45, 2.75) is 68.8 Å². The lowest BCUT2D eigenvalue weighted by molar-refractivity contribution is -0.147. The third-order valence-electron chi connectivity index (χ3n) is 8.18. The molecule has 0 spiro atoms. The van der Waals surface area contributed by atoms with Crippen LogP contribution < -0.4 is 15.8 Å². The van der Waals surface area contributed by atoms with E-state index in [0.717, 1.165) is 37.5 Å². The lowest BCUT2D eigenvalue weighted by atomic mass is 9.47. The number of rotatable bonds is 7. The van der Waals surface area contributed by atoms with Gasteiger partial charge in [-0.25, -0.2) is 13.1 Å². The first-order chi connectivity index (χ1) is 16.0. The number of hydrogen-bond donors (Lipinski definition) is 3. The van der Waals surface area contributed by atoms with Gasteiger partial charge in [-0.3, -0.25) is 9.59 Å². The fraction of sp³-hybridized carbons (Fsp3) is 0.538. The van der Waals surface area contributed by atoms with Crippen LogP contribution in [0.3, 0.4) is 0 Å². The maximum atomic E-state index is 13.2. The van der Waals surface area contributed by atoms with Gasteiger partial charge in [-0.15, -0.1) is 0 Å². The maximum absolute atomic E-state index is 13.2. The number of amides is 2. The molecule has 7 nitrogen and oxygen atoms in total. The Hall–Kier alpha value is -2.45. The highest BCUT2D eigenvalue weighted by Crippen LogP contribution is 2.59. The Balaban J connectivity index is 1.27. The fourth-order valence-electron chi connectivity index (χ4n) is 7.08. The number of fused-ring (bicyclic) bond motifs is 1. The Bertz CT molecular complexity index is 1230. The van der Waals surface area contributed by atoms with Gasteiger partial charge in [0.05, 0.1) is 4.90 Å². The topological polar surface area (TPSA) is 118 Å². The summed E-state index contributed by atoms with van der Waals surface area (Å²) in [6.45, 7) is 3.46.